The van der Waals surface area contributed by atoms with Gasteiger partial charge in [-0.05, 0) is 30.0 Å². The van der Waals surface area contributed by atoms with Crippen LogP contribution in [-0.4, -0.2) is 27.0 Å². The maximum atomic E-state index is 12.2. The monoisotopic (exact) mass is 340 g/mol. The Kier molecular flexibility index (Phi) is 4.44. The van der Waals surface area contributed by atoms with Crippen molar-refractivity contribution in [2.45, 2.75) is 56.8 Å². The summed E-state index contributed by atoms with van der Waals surface area (Å²) in [7, 11) is 0. The number of fused-ring (bicyclic) bond motifs is 1. The molecule has 2 aliphatic rings. The molecule has 2 unspecified atom stereocenters. The Morgan fingerprint density at radius 3 is 2.88 bits per heavy atom. The van der Waals surface area contributed by atoms with Gasteiger partial charge in [-0.15, -0.1) is 0 Å². The van der Waals surface area contributed by atoms with Gasteiger partial charge in [0.05, 0.1) is 30.4 Å². The van der Waals surface area contributed by atoms with Gasteiger partial charge in [0, 0.05) is 12.6 Å². The van der Waals surface area contributed by atoms with Crippen LogP contribution in [0.5, 0.6) is 0 Å². The van der Waals surface area contributed by atoms with Crippen LogP contribution in [0.2, 0.25) is 0 Å². The number of rotatable bonds is 4. The van der Waals surface area contributed by atoms with Crippen LogP contribution in [0.15, 0.2) is 36.5 Å². The van der Waals surface area contributed by atoms with E-state index in [1.807, 2.05) is 41.2 Å². The van der Waals surface area contributed by atoms with E-state index >= 15 is 0 Å². The van der Waals surface area contributed by atoms with Crippen molar-refractivity contribution in [3.8, 4) is 0 Å². The van der Waals surface area contributed by atoms with Crippen molar-refractivity contribution >= 4 is 6.03 Å². The van der Waals surface area contributed by atoms with Gasteiger partial charge in [-0.2, -0.15) is 5.10 Å². The maximum Gasteiger partial charge on any atom is 0.315 e. The highest BCUT2D eigenvalue weighted by Gasteiger charge is 2.31. The van der Waals surface area contributed by atoms with E-state index in [0.29, 0.717) is 19.0 Å². The summed E-state index contributed by atoms with van der Waals surface area (Å²) in [6.07, 6.45) is 6.92. The van der Waals surface area contributed by atoms with E-state index in [9.17, 15) is 9.90 Å². The van der Waals surface area contributed by atoms with Crippen LogP contribution in [-0.2, 0) is 13.0 Å². The quantitative estimate of drug-likeness (QED) is 0.800. The molecule has 2 aliphatic carbocycles. The lowest BCUT2D eigenvalue weighted by Crippen LogP contribution is -2.40. The Bertz CT molecular complexity index is 751. The van der Waals surface area contributed by atoms with Crippen LogP contribution in [0.25, 0.3) is 0 Å². The Morgan fingerprint density at radius 1 is 1.24 bits per heavy atom. The Labute approximate surface area is 147 Å². The molecule has 0 saturated heterocycles. The van der Waals surface area contributed by atoms with E-state index in [1.165, 1.54) is 25.7 Å². The summed E-state index contributed by atoms with van der Waals surface area (Å²) in [5, 5.41) is 20.5. The van der Waals surface area contributed by atoms with Gasteiger partial charge in [-0.25, -0.2) is 4.79 Å². The van der Waals surface area contributed by atoms with Crippen molar-refractivity contribution in [1.29, 1.82) is 0 Å². The summed E-state index contributed by atoms with van der Waals surface area (Å²) in [4.78, 5) is 12.2. The van der Waals surface area contributed by atoms with Crippen molar-refractivity contribution in [1.82, 2.24) is 20.4 Å². The number of benzene rings is 1. The fourth-order valence-corrected chi connectivity index (χ4v) is 3.95. The zero-order chi connectivity index (χ0) is 17.2. The molecule has 132 valence electrons. The molecule has 0 bridgehead atoms. The fourth-order valence-electron chi connectivity index (χ4n) is 3.95. The topological polar surface area (TPSA) is 79.2 Å². The number of aliphatic hydroxyl groups excluding tert-OH is 1. The third kappa shape index (κ3) is 3.39. The molecule has 2 amide bonds. The highest BCUT2D eigenvalue weighted by Crippen LogP contribution is 2.31. The van der Waals surface area contributed by atoms with Crippen LogP contribution < -0.4 is 10.6 Å². The third-order valence-electron chi connectivity index (χ3n) is 5.28. The van der Waals surface area contributed by atoms with Crippen molar-refractivity contribution in [3.63, 3.8) is 0 Å². The Hall–Kier alpha value is -2.34. The van der Waals surface area contributed by atoms with Crippen LogP contribution in [0, 0.1) is 0 Å². The fraction of sp³-hybridized carbons (Fsp3) is 0.474. The standard InChI is InChI=1S/C19H24N4O2/c24-17-11-13-5-1-4-8-16(13)18(17)21-19(25)20-12-14-9-10-23(22-14)15-6-2-3-7-15/h1,4-5,8-10,15,17-18,24H,2-3,6-7,11-12H2,(H2,20,21,25). The molecule has 6 nitrogen and oxygen atoms in total. The summed E-state index contributed by atoms with van der Waals surface area (Å²) in [5.74, 6) is 0. The second kappa shape index (κ2) is 6.88. The number of hydrogen-bond donors (Lipinski definition) is 3. The molecular formula is C19H24N4O2. The Morgan fingerprint density at radius 2 is 2.04 bits per heavy atom. The van der Waals surface area contributed by atoms with Gasteiger partial charge in [-0.1, -0.05) is 37.1 Å². The third-order valence-corrected chi connectivity index (χ3v) is 5.28. The molecule has 0 spiro atoms. The van der Waals surface area contributed by atoms with Crippen LogP contribution in [0.3, 0.4) is 0 Å². The highest BCUT2D eigenvalue weighted by molar-refractivity contribution is 5.74. The lowest BCUT2D eigenvalue weighted by atomic mass is 10.1. The summed E-state index contributed by atoms with van der Waals surface area (Å²) in [6, 6.07) is 9.66. The number of urea groups is 1. The minimum Gasteiger partial charge on any atom is -0.390 e. The number of hydrogen-bond acceptors (Lipinski definition) is 3. The van der Waals surface area contributed by atoms with Gasteiger partial charge in [0.1, 0.15) is 0 Å². The summed E-state index contributed by atoms with van der Waals surface area (Å²) < 4.78 is 2.03. The molecular weight excluding hydrogens is 316 g/mol. The van der Waals surface area contributed by atoms with Crippen molar-refractivity contribution in [2.24, 2.45) is 0 Å². The molecule has 4 rings (SSSR count). The van der Waals surface area contributed by atoms with Gasteiger partial charge in [0.25, 0.3) is 0 Å². The smallest absolute Gasteiger partial charge is 0.315 e. The summed E-state index contributed by atoms with van der Waals surface area (Å²) in [5.41, 5.74) is 2.95. The average molecular weight is 340 g/mol. The number of carbonyl (C=O) groups is 1. The molecule has 1 heterocycles. The van der Waals surface area contributed by atoms with E-state index in [1.54, 1.807) is 0 Å². The molecule has 6 heteroatoms. The number of aromatic nitrogens is 2. The molecule has 3 N–H and O–H groups in total. The van der Waals surface area contributed by atoms with Crippen LogP contribution in [0.4, 0.5) is 4.79 Å². The number of aliphatic hydroxyl groups is 1. The first kappa shape index (κ1) is 16.1. The normalized spacial score (nSPS) is 22.8. The maximum absolute atomic E-state index is 12.2. The first-order valence-corrected chi connectivity index (χ1v) is 9.05. The zero-order valence-electron chi connectivity index (χ0n) is 14.2. The van der Waals surface area contributed by atoms with Crippen molar-refractivity contribution in [3.05, 3.63) is 53.3 Å². The van der Waals surface area contributed by atoms with E-state index in [4.69, 9.17) is 0 Å². The molecule has 1 aromatic carbocycles. The second-order valence-electron chi connectivity index (χ2n) is 7.00. The molecule has 0 radical (unpaired) electrons. The van der Waals surface area contributed by atoms with Gasteiger partial charge in [0.2, 0.25) is 0 Å². The number of nitrogens with one attached hydrogen (secondary N) is 2. The molecule has 1 aromatic heterocycles. The van der Waals surface area contributed by atoms with Gasteiger partial charge < -0.3 is 15.7 Å². The SMILES string of the molecule is O=C(NCc1ccn(C2CCCC2)n1)NC1c2ccccc2CC1O. The van der Waals surface area contributed by atoms with E-state index in [-0.39, 0.29) is 12.1 Å². The van der Waals surface area contributed by atoms with Crippen molar-refractivity contribution < 1.29 is 9.90 Å². The largest absolute Gasteiger partial charge is 0.390 e. The predicted molar refractivity (Wildman–Crippen MR) is 94.0 cm³/mol. The molecule has 1 saturated carbocycles. The second-order valence-corrected chi connectivity index (χ2v) is 7.00. The van der Waals surface area contributed by atoms with E-state index < -0.39 is 6.10 Å². The summed E-state index contributed by atoms with van der Waals surface area (Å²) in [6.45, 7) is 0.385. The van der Waals surface area contributed by atoms with Gasteiger partial charge in [-0.3, -0.25) is 4.68 Å². The summed E-state index contributed by atoms with van der Waals surface area (Å²) >= 11 is 0. The molecule has 2 aromatic rings. The van der Waals surface area contributed by atoms with Crippen LogP contribution >= 0.6 is 0 Å². The zero-order valence-corrected chi connectivity index (χ0v) is 14.2. The lowest BCUT2D eigenvalue weighted by Gasteiger charge is -2.18. The molecule has 25 heavy (non-hydrogen) atoms. The predicted octanol–water partition coefficient (Wildman–Crippen LogP) is 2.46. The minimum atomic E-state index is -0.579. The van der Waals surface area contributed by atoms with E-state index in [0.717, 1.165) is 16.8 Å². The first-order chi connectivity index (χ1) is 12.2. The molecule has 2 atom stereocenters. The minimum absolute atomic E-state index is 0.281. The highest BCUT2D eigenvalue weighted by atomic mass is 16.3. The Balaban J connectivity index is 1.32. The van der Waals surface area contributed by atoms with Gasteiger partial charge in [0.15, 0.2) is 0 Å². The number of carbonyl (C=O) groups excluding carboxylic acids is 1. The van der Waals surface area contributed by atoms with E-state index in [2.05, 4.69) is 15.7 Å². The van der Waals surface area contributed by atoms with Crippen molar-refractivity contribution in [2.75, 3.05) is 0 Å². The van der Waals surface area contributed by atoms with Gasteiger partial charge >= 0.3 is 6.03 Å². The number of amides is 2. The first-order valence-electron chi connectivity index (χ1n) is 9.05. The lowest BCUT2D eigenvalue weighted by molar-refractivity contribution is 0.142. The molecule has 1 fully saturated rings. The van der Waals surface area contributed by atoms with Crippen LogP contribution in [0.1, 0.15) is 54.6 Å². The number of nitrogens with zero attached hydrogens (tertiary/aromatic N) is 2. The molecule has 0 aliphatic heterocycles. The average Bonchev–Trinajstić information content (AvgIpc) is 3.33.